The molecule has 0 spiro atoms. The van der Waals surface area contributed by atoms with E-state index in [0.717, 1.165) is 6.42 Å². The Morgan fingerprint density at radius 1 is 0.545 bits per heavy atom. The van der Waals surface area contributed by atoms with Crippen molar-refractivity contribution in [3.63, 3.8) is 0 Å². The van der Waals surface area contributed by atoms with E-state index in [9.17, 15) is 0 Å². The summed E-state index contributed by atoms with van der Waals surface area (Å²) in [5.41, 5.74) is 15.3. The van der Waals surface area contributed by atoms with Crippen LogP contribution in [0.5, 0.6) is 0 Å². The van der Waals surface area contributed by atoms with Crippen molar-refractivity contribution >= 4 is 0 Å². The molecule has 2 aliphatic rings. The first-order chi connectivity index (χ1) is 20.6. The van der Waals surface area contributed by atoms with Crippen molar-refractivity contribution in [3.8, 4) is 11.1 Å². The van der Waals surface area contributed by atoms with Crippen LogP contribution in [0.25, 0.3) is 11.1 Å². The first-order valence-corrected chi connectivity index (χ1v) is 16.5. The van der Waals surface area contributed by atoms with Crippen LogP contribution in [0, 0.1) is 11.3 Å². The summed E-state index contributed by atoms with van der Waals surface area (Å²) in [4.78, 5) is 0. The standard InChI is InChI=1S/C44H50/c1-29-23-34(42(5,6)7)27-39(29)44(31-17-13-11-14-18-31,32-19-15-12-16-20-32)40-28-35(43(8,9)10)26-37-36-25-33(41(2,3)4)22-21-30(36)24-38(37)40/h11-23,25-29H,24H2,1-10H3. The van der Waals surface area contributed by atoms with Gasteiger partial charge in [-0.3, -0.25) is 0 Å². The lowest BCUT2D eigenvalue weighted by molar-refractivity contribution is 0.516. The van der Waals surface area contributed by atoms with Crippen LogP contribution in [0.1, 0.15) is 108 Å². The van der Waals surface area contributed by atoms with Gasteiger partial charge in [0.1, 0.15) is 0 Å². The van der Waals surface area contributed by atoms with Gasteiger partial charge in [-0.15, -0.1) is 0 Å². The van der Waals surface area contributed by atoms with E-state index in [1.54, 1.807) is 0 Å². The molecule has 0 heteroatoms. The van der Waals surface area contributed by atoms with Gasteiger partial charge in [0, 0.05) is 0 Å². The van der Waals surface area contributed by atoms with Crippen molar-refractivity contribution < 1.29 is 0 Å². The molecule has 0 nitrogen and oxygen atoms in total. The number of hydrogen-bond acceptors (Lipinski definition) is 0. The van der Waals surface area contributed by atoms with E-state index < -0.39 is 5.41 Å². The summed E-state index contributed by atoms with van der Waals surface area (Å²) in [5, 5.41) is 0. The SMILES string of the molecule is CC1C=C(C(C)(C)C)C=C1C(c1ccccc1)(c1ccccc1)c1cc(C(C)(C)C)cc2c1Cc1ccc(C(C)(C)C)cc1-2. The van der Waals surface area contributed by atoms with Crippen LogP contribution in [0.15, 0.2) is 114 Å². The summed E-state index contributed by atoms with van der Waals surface area (Å²) in [6.45, 7) is 23.5. The highest BCUT2D eigenvalue weighted by molar-refractivity contribution is 5.82. The molecule has 44 heavy (non-hydrogen) atoms. The number of rotatable bonds is 4. The highest BCUT2D eigenvalue weighted by Gasteiger charge is 2.46. The van der Waals surface area contributed by atoms with Crippen LogP contribution in [-0.4, -0.2) is 0 Å². The molecule has 0 aliphatic heterocycles. The molecule has 0 bridgehead atoms. The lowest BCUT2D eigenvalue weighted by atomic mass is 9.60. The van der Waals surface area contributed by atoms with Crippen LogP contribution < -0.4 is 0 Å². The molecule has 0 N–H and O–H groups in total. The molecule has 0 saturated heterocycles. The molecule has 0 fully saturated rings. The van der Waals surface area contributed by atoms with E-state index in [1.165, 1.54) is 61.2 Å². The lowest BCUT2D eigenvalue weighted by Crippen LogP contribution is -2.35. The molecule has 1 atom stereocenters. The maximum atomic E-state index is 2.58. The Morgan fingerprint density at radius 3 is 1.59 bits per heavy atom. The quantitative estimate of drug-likeness (QED) is 0.186. The van der Waals surface area contributed by atoms with Crippen molar-refractivity contribution in [3.05, 3.63) is 153 Å². The predicted octanol–water partition coefficient (Wildman–Crippen LogP) is 11.7. The summed E-state index contributed by atoms with van der Waals surface area (Å²) < 4.78 is 0. The summed E-state index contributed by atoms with van der Waals surface area (Å²) in [6.07, 6.45) is 6.03. The summed E-state index contributed by atoms with van der Waals surface area (Å²) >= 11 is 0. The Hall–Kier alpha value is -3.64. The molecular formula is C44H50. The minimum absolute atomic E-state index is 0.00220. The van der Waals surface area contributed by atoms with E-state index in [1.807, 2.05) is 0 Å². The number of hydrogen-bond donors (Lipinski definition) is 0. The van der Waals surface area contributed by atoms with Gasteiger partial charge in [-0.25, -0.2) is 0 Å². The van der Waals surface area contributed by atoms with Crippen molar-refractivity contribution in [1.82, 2.24) is 0 Å². The molecule has 0 saturated carbocycles. The molecule has 2 aliphatic carbocycles. The second kappa shape index (κ2) is 10.5. The zero-order valence-corrected chi connectivity index (χ0v) is 28.6. The molecule has 0 radical (unpaired) electrons. The third kappa shape index (κ3) is 5.01. The maximum absolute atomic E-state index is 2.58. The topological polar surface area (TPSA) is 0 Å². The Balaban J connectivity index is 1.77. The minimum atomic E-state index is -0.439. The average Bonchev–Trinajstić information content (AvgIpc) is 3.54. The Kier molecular flexibility index (Phi) is 7.23. The maximum Gasteiger partial charge on any atom is 0.0673 e. The van der Waals surface area contributed by atoms with Gasteiger partial charge in [-0.2, -0.15) is 0 Å². The summed E-state index contributed by atoms with van der Waals surface area (Å²) in [7, 11) is 0. The van der Waals surface area contributed by atoms with Gasteiger partial charge in [0.05, 0.1) is 5.41 Å². The molecule has 0 amide bonds. The zero-order valence-electron chi connectivity index (χ0n) is 28.6. The molecule has 1 unspecified atom stereocenters. The summed E-state index contributed by atoms with van der Waals surface area (Å²) in [6, 6.07) is 35.0. The third-order valence-electron chi connectivity index (χ3n) is 10.1. The van der Waals surface area contributed by atoms with Crippen LogP contribution in [0.3, 0.4) is 0 Å². The molecule has 6 rings (SSSR count). The molecule has 226 valence electrons. The Morgan fingerprint density at radius 2 is 1.09 bits per heavy atom. The predicted molar refractivity (Wildman–Crippen MR) is 190 cm³/mol. The van der Waals surface area contributed by atoms with Crippen molar-refractivity contribution in [2.75, 3.05) is 0 Å². The second-order valence-corrected chi connectivity index (χ2v) is 16.3. The smallest absolute Gasteiger partial charge is 0.0673 e. The van der Waals surface area contributed by atoms with Crippen molar-refractivity contribution in [2.24, 2.45) is 11.3 Å². The van der Waals surface area contributed by atoms with E-state index in [-0.39, 0.29) is 16.2 Å². The molecule has 4 aromatic carbocycles. The average molecular weight is 579 g/mol. The number of allylic oxidation sites excluding steroid dienone is 4. The number of fused-ring (bicyclic) bond motifs is 3. The fourth-order valence-electron chi connectivity index (χ4n) is 7.47. The van der Waals surface area contributed by atoms with Crippen molar-refractivity contribution in [1.29, 1.82) is 0 Å². The lowest BCUT2D eigenvalue weighted by Gasteiger charge is -2.41. The first kappa shape index (κ1) is 30.4. The molecule has 0 aromatic heterocycles. The van der Waals surface area contributed by atoms with Crippen LogP contribution in [-0.2, 0) is 22.7 Å². The minimum Gasteiger partial charge on any atom is -0.0738 e. The largest absolute Gasteiger partial charge is 0.0738 e. The van der Waals surface area contributed by atoms with Gasteiger partial charge in [-0.1, -0.05) is 172 Å². The summed E-state index contributed by atoms with van der Waals surface area (Å²) in [5.74, 6) is 0.301. The van der Waals surface area contributed by atoms with Gasteiger partial charge < -0.3 is 0 Å². The van der Waals surface area contributed by atoms with E-state index in [4.69, 9.17) is 0 Å². The highest BCUT2D eigenvalue weighted by Crippen LogP contribution is 2.56. The molecule has 0 heterocycles. The highest BCUT2D eigenvalue weighted by atomic mass is 14.5. The third-order valence-corrected chi connectivity index (χ3v) is 10.1. The monoisotopic (exact) mass is 578 g/mol. The van der Waals surface area contributed by atoms with E-state index >= 15 is 0 Å². The molecular weight excluding hydrogens is 528 g/mol. The Labute approximate surface area is 267 Å². The van der Waals surface area contributed by atoms with Gasteiger partial charge in [0.25, 0.3) is 0 Å². The van der Waals surface area contributed by atoms with Gasteiger partial charge >= 0.3 is 0 Å². The van der Waals surface area contributed by atoms with Crippen LogP contribution in [0.4, 0.5) is 0 Å². The van der Waals surface area contributed by atoms with E-state index in [2.05, 4.69) is 172 Å². The van der Waals surface area contributed by atoms with Gasteiger partial charge in [0.2, 0.25) is 0 Å². The van der Waals surface area contributed by atoms with Gasteiger partial charge in [-0.05, 0) is 89.8 Å². The normalized spacial score (nSPS) is 16.8. The van der Waals surface area contributed by atoms with Crippen LogP contribution in [0.2, 0.25) is 0 Å². The first-order valence-electron chi connectivity index (χ1n) is 16.5. The Bertz CT molecular complexity index is 1720. The number of benzene rings is 4. The molecule has 4 aromatic rings. The fraction of sp³-hybridized carbons (Fsp3) is 0.364. The van der Waals surface area contributed by atoms with Gasteiger partial charge in [0.15, 0.2) is 0 Å². The zero-order chi connectivity index (χ0) is 31.7. The second-order valence-electron chi connectivity index (χ2n) is 16.3. The van der Waals surface area contributed by atoms with Crippen LogP contribution >= 0.6 is 0 Å². The van der Waals surface area contributed by atoms with E-state index in [0.29, 0.717) is 5.92 Å². The fourth-order valence-corrected chi connectivity index (χ4v) is 7.47. The van der Waals surface area contributed by atoms with Crippen molar-refractivity contribution in [2.45, 2.75) is 91.9 Å².